The highest BCUT2D eigenvalue weighted by atomic mass is 16.5. The third kappa shape index (κ3) is 2.90. The zero-order chi connectivity index (χ0) is 21.8. The van der Waals surface area contributed by atoms with Crippen LogP contribution in [0.15, 0.2) is 41.4 Å². The average molecular weight is 416 g/mol. The molecule has 2 aromatic rings. The van der Waals surface area contributed by atoms with Gasteiger partial charge in [0, 0.05) is 25.6 Å². The summed E-state index contributed by atoms with van der Waals surface area (Å²) in [6.07, 6.45) is 2.05. The number of aliphatic imine (C=N–C) groups is 1. The Labute approximate surface area is 181 Å². The summed E-state index contributed by atoms with van der Waals surface area (Å²) in [5.41, 5.74) is 8.55. The van der Waals surface area contributed by atoms with Gasteiger partial charge in [-0.1, -0.05) is 12.1 Å². The Balaban J connectivity index is 1.70. The fourth-order valence-corrected chi connectivity index (χ4v) is 4.98. The number of nitrogens with two attached hydrogens (primary N) is 1. The van der Waals surface area contributed by atoms with Gasteiger partial charge in [0.15, 0.2) is 11.5 Å². The van der Waals surface area contributed by atoms with E-state index >= 15 is 0 Å². The van der Waals surface area contributed by atoms with Crippen LogP contribution in [-0.2, 0) is 15.1 Å². The van der Waals surface area contributed by atoms with Crippen LogP contribution in [0.25, 0.3) is 11.1 Å². The lowest BCUT2D eigenvalue weighted by Crippen LogP contribution is -2.55. The fourth-order valence-electron chi connectivity index (χ4n) is 4.98. The second-order valence-corrected chi connectivity index (χ2v) is 8.66. The maximum atomic E-state index is 13.5. The van der Waals surface area contributed by atoms with Gasteiger partial charge in [0.05, 0.1) is 18.2 Å². The molecule has 0 aromatic heterocycles. The number of rotatable bonds is 1. The van der Waals surface area contributed by atoms with Crippen LogP contribution in [0.5, 0.6) is 5.75 Å². The molecule has 3 heterocycles. The number of nitrogens with zero attached hydrogens (tertiary/aromatic N) is 3. The molecule has 2 N–H and O–H groups in total. The van der Waals surface area contributed by atoms with E-state index in [1.54, 1.807) is 13.1 Å². The lowest BCUT2D eigenvalue weighted by molar-refractivity contribution is -0.139. The molecule has 7 heteroatoms. The lowest BCUT2D eigenvalue weighted by Gasteiger charge is -2.46. The Hall–Kier alpha value is -3.37. The number of carbonyl (C=O) groups excluding carboxylic acids is 1. The number of fused-ring (bicyclic) bond motifs is 2. The first kappa shape index (κ1) is 19.6. The number of guanidine groups is 1. The molecular formula is C24H24N4O3. The van der Waals surface area contributed by atoms with Gasteiger partial charge in [-0.3, -0.25) is 9.69 Å². The van der Waals surface area contributed by atoms with Gasteiger partial charge in [-0.25, -0.2) is 4.99 Å². The van der Waals surface area contributed by atoms with E-state index in [-0.39, 0.29) is 11.9 Å². The Morgan fingerprint density at radius 2 is 2.10 bits per heavy atom. The lowest BCUT2D eigenvalue weighted by atomic mass is 9.73. The Bertz CT molecular complexity index is 1160. The molecule has 2 aromatic carbocycles. The van der Waals surface area contributed by atoms with Gasteiger partial charge in [-0.2, -0.15) is 5.26 Å². The molecule has 1 amide bonds. The topological polar surface area (TPSA) is 101 Å². The summed E-state index contributed by atoms with van der Waals surface area (Å²) in [4.78, 5) is 19.6. The van der Waals surface area contributed by atoms with Crippen LogP contribution >= 0.6 is 0 Å². The van der Waals surface area contributed by atoms with Crippen molar-refractivity contribution in [2.45, 2.75) is 37.3 Å². The minimum Gasteiger partial charge on any atom is -0.484 e. The van der Waals surface area contributed by atoms with E-state index in [4.69, 9.17) is 20.2 Å². The number of nitriles is 1. The number of hydrogen-bond donors (Lipinski definition) is 1. The van der Waals surface area contributed by atoms with E-state index in [0.29, 0.717) is 36.5 Å². The molecule has 31 heavy (non-hydrogen) atoms. The van der Waals surface area contributed by atoms with Crippen molar-refractivity contribution in [3.05, 3.63) is 53.1 Å². The molecule has 0 aliphatic carbocycles. The molecule has 2 atom stereocenters. The van der Waals surface area contributed by atoms with E-state index in [2.05, 4.69) is 6.07 Å². The van der Waals surface area contributed by atoms with Gasteiger partial charge < -0.3 is 15.2 Å². The molecule has 3 aliphatic heterocycles. The summed E-state index contributed by atoms with van der Waals surface area (Å²) < 4.78 is 12.2. The Morgan fingerprint density at radius 3 is 2.77 bits per heavy atom. The average Bonchev–Trinajstić information content (AvgIpc) is 2.98. The van der Waals surface area contributed by atoms with Crippen LogP contribution < -0.4 is 10.5 Å². The first-order chi connectivity index (χ1) is 14.9. The van der Waals surface area contributed by atoms with Crippen molar-refractivity contribution < 1.29 is 14.3 Å². The zero-order valence-electron chi connectivity index (χ0n) is 17.6. The largest absolute Gasteiger partial charge is 0.484 e. The van der Waals surface area contributed by atoms with Gasteiger partial charge in [0.1, 0.15) is 11.4 Å². The summed E-state index contributed by atoms with van der Waals surface area (Å²) in [5, 5.41) is 9.33. The molecule has 0 bridgehead atoms. The first-order valence-corrected chi connectivity index (χ1v) is 10.4. The molecule has 1 saturated heterocycles. The highest BCUT2D eigenvalue weighted by molar-refractivity contribution is 6.07. The molecule has 2 spiro atoms. The van der Waals surface area contributed by atoms with E-state index in [1.165, 1.54) is 4.90 Å². The Morgan fingerprint density at radius 1 is 1.26 bits per heavy atom. The second-order valence-electron chi connectivity index (χ2n) is 8.66. The van der Waals surface area contributed by atoms with Crippen LogP contribution in [0.3, 0.4) is 0 Å². The van der Waals surface area contributed by atoms with Gasteiger partial charge in [0.2, 0.25) is 0 Å². The van der Waals surface area contributed by atoms with Crippen molar-refractivity contribution in [2.75, 3.05) is 20.3 Å². The highest BCUT2D eigenvalue weighted by Crippen LogP contribution is 2.52. The van der Waals surface area contributed by atoms with Gasteiger partial charge >= 0.3 is 0 Å². The number of ether oxygens (including phenoxy) is 2. The molecule has 5 rings (SSSR count). The predicted molar refractivity (Wildman–Crippen MR) is 115 cm³/mol. The van der Waals surface area contributed by atoms with E-state index in [0.717, 1.165) is 29.5 Å². The summed E-state index contributed by atoms with van der Waals surface area (Å²) in [6, 6.07) is 13.6. The fraction of sp³-hybridized carbons (Fsp3) is 0.375. The maximum Gasteiger partial charge on any atom is 0.261 e. The van der Waals surface area contributed by atoms with Crippen molar-refractivity contribution in [3.8, 4) is 22.9 Å². The van der Waals surface area contributed by atoms with Crippen LogP contribution in [-0.4, -0.2) is 42.6 Å². The normalized spacial score (nSPS) is 27.1. The number of amides is 1. The van der Waals surface area contributed by atoms with Gasteiger partial charge in [-0.15, -0.1) is 0 Å². The molecule has 0 saturated carbocycles. The summed E-state index contributed by atoms with van der Waals surface area (Å²) >= 11 is 0. The molecule has 1 fully saturated rings. The number of hydrogen-bond acceptors (Lipinski definition) is 6. The van der Waals surface area contributed by atoms with Gasteiger partial charge in [-0.05, 0) is 60.7 Å². The van der Waals surface area contributed by atoms with Crippen molar-refractivity contribution >= 4 is 11.9 Å². The molecule has 3 aliphatic rings. The summed E-state index contributed by atoms with van der Waals surface area (Å²) in [5.74, 6) is 0.687. The predicted octanol–water partition coefficient (Wildman–Crippen LogP) is 2.85. The van der Waals surface area contributed by atoms with Crippen molar-refractivity contribution in [2.24, 2.45) is 10.7 Å². The third-order valence-corrected chi connectivity index (χ3v) is 6.60. The molecule has 7 nitrogen and oxygen atoms in total. The van der Waals surface area contributed by atoms with Crippen LogP contribution in [0.4, 0.5) is 0 Å². The molecule has 158 valence electrons. The quantitative estimate of drug-likeness (QED) is 0.770. The van der Waals surface area contributed by atoms with Crippen LogP contribution in [0.1, 0.15) is 36.0 Å². The highest BCUT2D eigenvalue weighted by Gasteiger charge is 2.58. The minimum atomic E-state index is -1.14. The zero-order valence-corrected chi connectivity index (χ0v) is 17.6. The van der Waals surface area contributed by atoms with E-state index in [1.807, 2.05) is 37.3 Å². The summed E-state index contributed by atoms with van der Waals surface area (Å²) in [7, 11) is 1.65. The van der Waals surface area contributed by atoms with Crippen LogP contribution in [0, 0.1) is 18.3 Å². The number of benzene rings is 2. The smallest absolute Gasteiger partial charge is 0.261 e. The SMILES string of the molecule is Cc1ccc(C#N)cc1-c1ccc2c(c1)[C@]1(C[C@@]3(CCCOC3)O2)N=C(N)N(C)C1=O. The van der Waals surface area contributed by atoms with Gasteiger partial charge in [0.25, 0.3) is 5.91 Å². The second kappa shape index (κ2) is 6.82. The van der Waals surface area contributed by atoms with Crippen LogP contribution in [0.2, 0.25) is 0 Å². The number of likely N-dealkylation sites (N-methyl/N-ethyl adjacent to an activating group) is 1. The minimum absolute atomic E-state index is 0.154. The number of aryl methyl sites for hydroxylation is 1. The van der Waals surface area contributed by atoms with E-state index in [9.17, 15) is 10.1 Å². The monoisotopic (exact) mass is 416 g/mol. The molecule has 0 radical (unpaired) electrons. The standard InChI is InChI=1S/C24H24N4O3/c1-15-4-5-16(12-25)10-18(15)17-6-7-20-19(11-17)24(21(29)28(2)22(26)27-24)13-23(31-20)8-3-9-30-14-23/h4-7,10-11H,3,8-9,13-14H2,1-2H3,(H2,26,27)/t23-,24+/m1/s1. The summed E-state index contributed by atoms with van der Waals surface area (Å²) in [6.45, 7) is 3.12. The van der Waals surface area contributed by atoms with Crippen molar-refractivity contribution in [1.82, 2.24) is 4.90 Å². The van der Waals surface area contributed by atoms with Crippen molar-refractivity contribution in [3.63, 3.8) is 0 Å². The first-order valence-electron chi connectivity index (χ1n) is 10.4. The van der Waals surface area contributed by atoms with E-state index < -0.39 is 11.1 Å². The molecular weight excluding hydrogens is 392 g/mol. The van der Waals surface area contributed by atoms with Crippen molar-refractivity contribution in [1.29, 1.82) is 5.26 Å². The third-order valence-electron chi connectivity index (χ3n) is 6.60. The number of carbonyl (C=O) groups is 1. The molecule has 0 unspecified atom stereocenters. The Kier molecular flexibility index (Phi) is 4.31. The maximum absolute atomic E-state index is 13.5.